The minimum Gasteiger partial charge on any atom is -0.321 e. The van der Waals surface area contributed by atoms with Crippen molar-refractivity contribution in [3.05, 3.63) is 21.3 Å². The SMILES string of the molecule is NC1(c2ccc(Cl)s2)CCC(C(F)(F)F)CC1. The third kappa shape index (κ3) is 2.77. The molecule has 1 fully saturated rings. The Labute approximate surface area is 107 Å². The predicted molar refractivity (Wildman–Crippen MR) is 63.2 cm³/mol. The van der Waals surface area contributed by atoms with E-state index in [-0.39, 0.29) is 12.8 Å². The molecule has 0 saturated heterocycles. The Morgan fingerprint density at radius 3 is 2.29 bits per heavy atom. The highest BCUT2D eigenvalue weighted by atomic mass is 35.5. The number of thiophene rings is 1. The van der Waals surface area contributed by atoms with Gasteiger partial charge in [-0.25, -0.2) is 0 Å². The molecule has 0 aromatic carbocycles. The Bertz CT molecular complexity index is 394. The minimum atomic E-state index is -4.09. The normalized spacial score (nSPS) is 30.5. The van der Waals surface area contributed by atoms with Crippen LogP contribution in [0.3, 0.4) is 0 Å². The zero-order valence-electron chi connectivity index (χ0n) is 9.06. The molecule has 0 bridgehead atoms. The van der Waals surface area contributed by atoms with Crippen molar-refractivity contribution in [1.29, 1.82) is 0 Å². The highest BCUT2D eigenvalue weighted by Gasteiger charge is 2.45. The Morgan fingerprint density at radius 1 is 1.29 bits per heavy atom. The lowest BCUT2D eigenvalue weighted by molar-refractivity contribution is -0.184. The second-order valence-electron chi connectivity index (χ2n) is 4.58. The first-order chi connectivity index (χ1) is 7.81. The molecule has 0 amide bonds. The number of halogens is 4. The van der Waals surface area contributed by atoms with Gasteiger partial charge in [-0.3, -0.25) is 0 Å². The van der Waals surface area contributed by atoms with Crippen LogP contribution in [-0.4, -0.2) is 6.18 Å². The largest absolute Gasteiger partial charge is 0.391 e. The number of nitrogens with two attached hydrogens (primary N) is 1. The first-order valence-electron chi connectivity index (χ1n) is 5.43. The molecule has 2 rings (SSSR count). The zero-order chi connectivity index (χ0) is 12.7. The molecule has 2 N–H and O–H groups in total. The highest BCUT2D eigenvalue weighted by Crippen LogP contribution is 2.45. The van der Waals surface area contributed by atoms with Gasteiger partial charge in [0.1, 0.15) is 0 Å². The lowest BCUT2D eigenvalue weighted by Crippen LogP contribution is -2.42. The maximum absolute atomic E-state index is 12.5. The van der Waals surface area contributed by atoms with Gasteiger partial charge in [0.2, 0.25) is 0 Å². The maximum atomic E-state index is 12.5. The third-order valence-corrected chi connectivity index (χ3v) is 4.86. The highest BCUT2D eigenvalue weighted by molar-refractivity contribution is 7.16. The fraction of sp³-hybridized carbons (Fsp3) is 0.636. The molecule has 1 aromatic heterocycles. The van der Waals surface area contributed by atoms with Crippen LogP contribution in [0.5, 0.6) is 0 Å². The molecular formula is C11H13ClF3NS. The van der Waals surface area contributed by atoms with Crippen LogP contribution in [0, 0.1) is 5.92 Å². The van der Waals surface area contributed by atoms with Gasteiger partial charge in [0.15, 0.2) is 0 Å². The molecule has 1 saturated carbocycles. The molecule has 0 radical (unpaired) electrons. The molecule has 6 heteroatoms. The minimum absolute atomic E-state index is 0.107. The lowest BCUT2D eigenvalue weighted by Gasteiger charge is -2.37. The first-order valence-corrected chi connectivity index (χ1v) is 6.62. The van der Waals surface area contributed by atoms with E-state index in [1.165, 1.54) is 11.3 Å². The van der Waals surface area contributed by atoms with E-state index in [1.54, 1.807) is 6.07 Å². The molecule has 17 heavy (non-hydrogen) atoms. The van der Waals surface area contributed by atoms with E-state index >= 15 is 0 Å². The first kappa shape index (κ1) is 13.2. The molecule has 1 nitrogen and oxygen atoms in total. The van der Waals surface area contributed by atoms with E-state index in [0.717, 1.165) is 4.88 Å². The van der Waals surface area contributed by atoms with E-state index in [0.29, 0.717) is 17.2 Å². The van der Waals surface area contributed by atoms with Crippen LogP contribution in [0.1, 0.15) is 30.6 Å². The lowest BCUT2D eigenvalue weighted by atomic mass is 9.76. The summed E-state index contributed by atoms with van der Waals surface area (Å²) in [5, 5.41) is 0. The molecule has 0 atom stereocenters. The van der Waals surface area contributed by atoms with Crippen LogP contribution in [0.25, 0.3) is 0 Å². The van der Waals surface area contributed by atoms with Gasteiger partial charge in [0, 0.05) is 4.88 Å². The average molecular weight is 284 g/mol. The summed E-state index contributed by atoms with van der Waals surface area (Å²) in [7, 11) is 0. The summed E-state index contributed by atoms with van der Waals surface area (Å²) >= 11 is 7.19. The summed E-state index contributed by atoms with van der Waals surface area (Å²) in [4.78, 5) is 0.892. The van der Waals surface area contributed by atoms with Crippen LogP contribution in [-0.2, 0) is 5.54 Å². The fourth-order valence-corrected chi connectivity index (χ4v) is 3.49. The number of rotatable bonds is 1. The molecule has 1 heterocycles. The van der Waals surface area contributed by atoms with Crippen molar-refractivity contribution in [2.75, 3.05) is 0 Å². The molecule has 1 aliphatic carbocycles. The van der Waals surface area contributed by atoms with E-state index in [2.05, 4.69) is 0 Å². The monoisotopic (exact) mass is 283 g/mol. The van der Waals surface area contributed by atoms with E-state index in [9.17, 15) is 13.2 Å². The molecule has 0 unspecified atom stereocenters. The van der Waals surface area contributed by atoms with E-state index in [4.69, 9.17) is 17.3 Å². The maximum Gasteiger partial charge on any atom is 0.391 e. The summed E-state index contributed by atoms with van der Waals surface area (Å²) in [5.41, 5.74) is 5.56. The Hall–Kier alpha value is -0.260. The second kappa shape index (κ2) is 4.44. The average Bonchev–Trinajstić information content (AvgIpc) is 2.65. The van der Waals surface area contributed by atoms with Gasteiger partial charge < -0.3 is 5.73 Å². The zero-order valence-corrected chi connectivity index (χ0v) is 10.6. The van der Waals surface area contributed by atoms with E-state index in [1.807, 2.05) is 6.07 Å². The third-order valence-electron chi connectivity index (χ3n) is 3.40. The fourth-order valence-electron chi connectivity index (χ4n) is 2.29. The van der Waals surface area contributed by atoms with Crippen LogP contribution >= 0.6 is 22.9 Å². The predicted octanol–water partition coefficient (Wildman–Crippen LogP) is 4.31. The Morgan fingerprint density at radius 2 is 1.88 bits per heavy atom. The van der Waals surface area contributed by atoms with Crippen molar-refractivity contribution in [3.63, 3.8) is 0 Å². The van der Waals surface area contributed by atoms with Crippen LogP contribution in [0.4, 0.5) is 13.2 Å². The topological polar surface area (TPSA) is 26.0 Å². The smallest absolute Gasteiger partial charge is 0.321 e. The van der Waals surface area contributed by atoms with Crippen molar-refractivity contribution in [2.24, 2.45) is 11.7 Å². The summed E-state index contributed by atoms with van der Waals surface area (Å²) in [5.74, 6) is -1.20. The van der Waals surface area contributed by atoms with E-state index < -0.39 is 17.6 Å². The Balaban J connectivity index is 2.07. The molecule has 0 aliphatic heterocycles. The standard InChI is InChI=1S/C11H13ClF3NS/c12-9-2-1-8(17-9)10(16)5-3-7(4-6-10)11(13,14)15/h1-2,7H,3-6,16H2. The van der Waals surface area contributed by atoms with Crippen molar-refractivity contribution < 1.29 is 13.2 Å². The van der Waals surface area contributed by atoms with Gasteiger partial charge in [-0.15, -0.1) is 11.3 Å². The van der Waals surface area contributed by atoms with Crippen molar-refractivity contribution in [2.45, 2.75) is 37.4 Å². The van der Waals surface area contributed by atoms with Crippen LogP contribution < -0.4 is 5.73 Å². The number of alkyl halides is 3. The van der Waals surface area contributed by atoms with Gasteiger partial charge in [0.05, 0.1) is 15.8 Å². The number of hydrogen-bond acceptors (Lipinski definition) is 2. The number of hydrogen-bond donors (Lipinski definition) is 1. The quantitative estimate of drug-likeness (QED) is 0.817. The summed E-state index contributed by atoms with van der Waals surface area (Å²) < 4.78 is 38.2. The van der Waals surface area contributed by atoms with Gasteiger partial charge in [0.25, 0.3) is 0 Å². The second-order valence-corrected chi connectivity index (χ2v) is 6.29. The molecule has 0 spiro atoms. The molecular weight excluding hydrogens is 271 g/mol. The van der Waals surface area contributed by atoms with Gasteiger partial charge >= 0.3 is 6.18 Å². The van der Waals surface area contributed by atoms with Crippen LogP contribution in [0.15, 0.2) is 12.1 Å². The van der Waals surface area contributed by atoms with Crippen molar-refractivity contribution >= 4 is 22.9 Å². The van der Waals surface area contributed by atoms with Crippen LogP contribution in [0.2, 0.25) is 4.34 Å². The summed E-state index contributed by atoms with van der Waals surface area (Å²) in [6, 6.07) is 3.56. The summed E-state index contributed by atoms with van der Waals surface area (Å²) in [6.07, 6.45) is -3.14. The summed E-state index contributed by atoms with van der Waals surface area (Å²) in [6.45, 7) is 0. The Kier molecular flexibility index (Phi) is 3.45. The van der Waals surface area contributed by atoms with Gasteiger partial charge in [-0.1, -0.05) is 11.6 Å². The van der Waals surface area contributed by atoms with Gasteiger partial charge in [-0.05, 0) is 37.8 Å². The molecule has 1 aliphatic rings. The molecule has 96 valence electrons. The van der Waals surface area contributed by atoms with Crippen molar-refractivity contribution in [1.82, 2.24) is 0 Å². The van der Waals surface area contributed by atoms with Crippen molar-refractivity contribution in [3.8, 4) is 0 Å². The van der Waals surface area contributed by atoms with Gasteiger partial charge in [-0.2, -0.15) is 13.2 Å². The molecule has 1 aromatic rings.